The average molecular weight is 268 g/mol. The molecule has 102 valence electrons. The third-order valence-electron chi connectivity index (χ3n) is 3.56. The van der Waals surface area contributed by atoms with Crippen LogP contribution in [0.4, 0.5) is 11.5 Å². The number of rotatable bonds is 4. The fraction of sp³-hybridized carbons (Fsp3) is 0.769. The molecule has 1 aromatic heterocycles. The Morgan fingerprint density at radius 1 is 1.44 bits per heavy atom. The lowest BCUT2D eigenvalue weighted by Gasteiger charge is -2.22. The summed E-state index contributed by atoms with van der Waals surface area (Å²) in [7, 11) is 1.96. The van der Waals surface area contributed by atoms with Crippen molar-refractivity contribution in [3.63, 3.8) is 0 Å². The topological polar surface area (TPSA) is 55.9 Å². The first kappa shape index (κ1) is 13.6. The van der Waals surface area contributed by atoms with Crippen molar-refractivity contribution in [2.75, 3.05) is 29.1 Å². The minimum absolute atomic E-state index is 0.373. The maximum Gasteiger partial charge on any atom is 0.147 e. The molecule has 1 aliphatic rings. The second-order valence-electron chi connectivity index (χ2n) is 5.36. The molecule has 0 unspecified atom stereocenters. The Bertz CT molecular complexity index is 394. The van der Waals surface area contributed by atoms with Crippen LogP contribution in [0.5, 0.6) is 0 Å². The molecule has 0 saturated carbocycles. The summed E-state index contributed by atoms with van der Waals surface area (Å²) in [5, 5.41) is 7.99. The van der Waals surface area contributed by atoms with E-state index >= 15 is 0 Å². The predicted molar refractivity (Wildman–Crippen MR) is 80.2 cm³/mol. The van der Waals surface area contributed by atoms with Crippen LogP contribution in [0.1, 0.15) is 38.3 Å². The van der Waals surface area contributed by atoms with E-state index in [0.717, 1.165) is 29.7 Å². The molecule has 1 aromatic rings. The van der Waals surface area contributed by atoms with Crippen molar-refractivity contribution in [3.05, 3.63) is 5.69 Å². The third kappa shape index (κ3) is 2.94. The van der Waals surface area contributed by atoms with Gasteiger partial charge in [-0.15, -0.1) is 0 Å². The lowest BCUT2D eigenvalue weighted by atomic mass is 10.0. The summed E-state index contributed by atoms with van der Waals surface area (Å²) < 4.78 is 1.88. The van der Waals surface area contributed by atoms with Crippen molar-refractivity contribution < 1.29 is 0 Å². The van der Waals surface area contributed by atoms with Gasteiger partial charge in [0.1, 0.15) is 5.82 Å². The van der Waals surface area contributed by atoms with Gasteiger partial charge in [-0.05, 0) is 36.2 Å². The molecule has 3 N–H and O–H groups in total. The number of anilines is 2. The van der Waals surface area contributed by atoms with Crippen molar-refractivity contribution >= 4 is 23.3 Å². The van der Waals surface area contributed by atoms with Crippen molar-refractivity contribution in [3.8, 4) is 0 Å². The zero-order chi connectivity index (χ0) is 13.1. The van der Waals surface area contributed by atoms with Gasteiger partial charge < -0.3 is 11.1 Å². The van der Waals surface area contributed by atoms with Crippen LogP contribution in [-0.2, 0) is 7.05 Å². The molecular formula is C13H24N4S. The Labute approximate surface area is 114 Å². The van der Waals surface area contributed by atoms with E-state index in [4.69, 9.17) is 5.73 Å². The molecule has 0 aromatic carbocycles. The Balaban J connectivity index is 2.00. The van der Waals surface area contributed by atoms with Gasteiger partial charge in [0.15, 0.2) is 0 Å². The monoisotopic (exact) mass is 268 g/mol. The molecule has 2 heterocycles. The fourth-order valence-corrected chi connectivity index (χ4v) is 3.59. The van der Waals surface area contributed by atoms with E-state index < -0.39 is 0 Å². The van der Waals surface area contributed by atoms with Crippen LogP contribution in [0.15, 0.2) is 0 Å². The van der Waals surface area contributed by atoms with E-state index in [1.165, 1.54) is 24.3 Å². The van der Waals surface area contributed by atoms with Crippen LogP contribution in [0.2, 0.25) is 0 Å². The maximum atomic E-state index is 6.17. The van der Waals surface area contributed by atoms with Crippen LogP contribution in [0.3, 0.4) is 0 Å². The largest absolute Gasteiger partial charge is 0.394 e. The minimum Gasteiger partial charge on any atom is -0.394 e. The van der Waals surface area contributed by atoms with Gasteiger partial charge in [-0.3, -0.25) is 4.68 Å². The van der Waals surface area contributed by atoms with Crippen LogP contribution in [0.25, 0.3) is 0 Å². The summed E-state index contributed by atoms with van der Waals surface area (Å²) in [6.07, 6.45) is 2.62. The van der Waals surface area contributed by atoms with E-state index in [-0.39, 0.29) is 0 Å². The summed E-state index contributed by atoms with van der Waals surface area (Å²) in [4.78, 5) is 0. The minimum atomic E-state index is 0.373. The molecule has 0 amide bonds. The molecule has 0 bridgehead atoms. The highest BCUT2D eigenvalue weighted by atomic mass is 32.2. The smallest absolute Gasteiger partial charge is 0.147 e. The Morgan fingerprint density at radius 2 is 2.11 bits per heavy atom. The van der Waals surface area contributed by atoms with Crippen LogP contribution in [-0.4, -0.2) is 27.8 Å². The zero-order valence-electron chi connectivity index (χ0n) is 11.6. The summed E-state index contributed by atoms with van der Waals surface area (Å²) in [6, 6.07) is 0. The molecule has 0 aliphatic carbocycles. The van der Waals surface area contributed by atoms with Crippen molar-refractivity contribution in [2.45, 2.75) is 32.6 Å². The number of hydrogen-bond donors (Lipinski definition) is 2. The third-order valence-corrected chi connectivity index (χ3v) is 4.61. The number of nitrogens with zero attached hydrogens (tertiary/aromatic N) is 2. The number of aryl methyl sites for hydroxylation is 1. The Kier molecular flexibility index (Phi) is 4.43. The number of nitrogens with two attached hydrogens (primary N) is 1. The lowest BCUT2D eigenvalue weighted by Crippen LogP contribution is -2.20. The van der Waals surface area contributed by atoms with Crippen LogP contribution < -0.4 is 11.1 Å². The SMILES string of the molecule is CC(C)c1nn(C)c(NCC2CCSCC2)c1N. The van der Waals surface area contributed by atoms with Gasteiger partial charge in [-0.1, -0.05) is 13.8 Å². The van der Waals surface area contributed by atoms with Gasteiger partial charge >= 0.3 is 0 Å². The maximum absolute atomic E-state index is 6.17. The van der Waals surface area contributed by atoms with Gasteiger partial charge in [-0.25, -0.2) is 0 Å². The summed E-state index contributed by atoms with van der Waals surface area (Å²) in [6.45, 7) is 5.27. The molecule has 1 fully saturated rings. The highest BCUT2D eigenvalue weighted by Crippen LogP contribution is 2.29. The quantitative estimate of drug-likeness (QED) is 0.881. The summed E-state index contributed by atoms with van der Waals surface area (Å²) in [5.74, 6) is 4.73. The Hall–Kier alpha value is -0.840. The van der Waals surface area contributed by atoms with E-state index in [1.807, 2.05) is 11.7 Å². The highest BCUT2D eigenvalue weighted by Gasteiger charge is 2.18. The van der Waals surface area contributed by atoms with Crippen LogP contribution in [0, 0.1) is 5.92 Å². The van der Waals surface area contributed by atoms with Crippen molar-refractivity contribution in [2.24, 2.45) is 13.0 Å². The first-order valence-electron chi connectivity index (χ1n) is 6.73. The van der Waals surface area contributed by atoms with Gasteiger partial charge in [0.2, 0.25) is 0 Å². The molecule has 18 heavy (non-hydrogen) atoms. The second-order valence-corrected chi connectivity index (χ2v) is 6.59. The molecule has 0 radical (unpaired) electrons. The zero-order valence-corrected chi connectivity index (χ0v) is 12.4. The van der Waals surface area contributed by atoms with Gasteiger partial charge in [0.05, 0.1) is 11.4 Å². The van der Waals surface area contributed by atoms with Gasteiger partial charge in [0, 0.05) is 13.6 Å². The second kappa shape index (κ2) is 5.87. The normalized spacial score (nSPS) is 17.3. The number of nitrogens with one attached hydrogen (secondary N) is 1. The molecule has 0 atom stereocenters. The first-order valence-corrected chi connectivity index (χ1v) is 7.89. The Morgan fingerprint density at radius 3 is 2.67 bits per heavy atom. The molecule has 1 saturated heterocycles. The molecule has 1 aliphatic heterocycles. The molecule has 4 nitrogen and oxygen atoms in total. The molecule has 0 spiro atoms. The van der Waals surface area contributed by atoms with E-state index in [9.17, 15) is 0 Å². The lowest BCUT2D eigenvalue weighted by molar-refractivity contribution is 0.514. The van der Waals surface area contributed by atoms with Crippen LogP contribution >= 0.6 is 11.8 Å². The number of hydrogen-bond acceptors (Lipinski definition) is 4. The van der Waals surface area contributed by atoms with E-state index in [1.54, 1.807) is 0 Å². The summed E-state index contributed by atoms with van der Waals surface area (Å²) >= 11 is 2.06. The summed E-state index contributed by atoms with van der Waals surface area (Å²) in [5.41, 5.74) is 7.99. The standard InChI is InChI=1S/C13H24N4S/c1-9(2)12-11(14)13(17(3)16-12)15-8-10-4-6-18-7-5-10/h9-10,15H,4-8,14H2,1-3H3. The average Bonchev–Trinajstić information content (AvgIpc) is 2.64. The number of thioether (sulfide) groups is 1. The van der Waals surface area contributed by atoms with E-state index in [0.29, 0.717) is 5.92 Å². The molecule has 2 rings (SSSR count). The fourth-order valence-electron chi connectivity index (χ4n) is 2.39. The van der Waals surface area contributed by atoms with Gasteiger partial charge in [-0.2, -0.15) is 16.9 Å². The van der Waals surface area contributed by atoms with Crippen molar-refractivity contribution in [1.29, 1.82) is 0 Å². The predicted octanol–water partition coefficient (Wildman–Crippen LogP) is 2.68. The van der Waals surface area contributed by atoms with Gasteiger partial charge in [0.25, 0.3) is 0 Å². The highest BCUT2D eigenvalue weighted by molar-refractivity contribution is 7.99. The first-order chi connectivity index (χ1) is 8.59. The molecule has 5 heteroatoms. The number of aromatic nitrogens is 2. The van der Waals surface area contributed by atoms with E-state index in [2.05, 4.69) is 36.0 Å². The van der Waals surface area contributed by atoms with Crippen molar-refractivity contribution in [1.82, 2.24) is 9.78 Å². The molecular weight excluding hydrogens is 244 g/mol. The number of nitrogen functional groups attached to an aromatic ring is 1.